The lowest BCUT2D eigenvalue weighted by atomic mass is 10.2. The van der Waals surface area contributed by atoms with Gasteiger partial charge in [0.1, 0.15) is 0 Å². The highest BCUT2D eigenvalue weighted by molar-refractivity contribution is 5.86. The Bertz CT molecular complexity index is 336. The van der Waals surface area contributed by atoms with E-state index in [1.807, 2.05) is 6.92 Å². The normalized spacial score (nSPS) is 9.50. The molecule has 0 saturated heterocycles. The van der Waals surface area contributed by atoms with Gasteiger partial charge in [-0.3, -0.25) is 14.8 Å². The summed E-state index contributed by atoms with van der Waals surface area (Å²) in [5, 5.41) is 2.68. The summed E-state index contributed by atoms with van der Waals surface area (Å²) in [5.74, 6) is -0.161. The predicted molar refractivity (Wildman–Crippen MR) is 53.7 cm³/mol. The van der Waals surface area contributed by atoms with E-state index in [1.54, 1.807) is 12.4 Å². The smallest absolute Gasteiger partial charge is 0.243 e. The van der Waals surface area contributed by atoms with Crippen molar-refractivity contribution < 1.29 is 4.79 Å². The van der Waals surface area contributed by atoms with E-state index in [4.69, 9.17) is 0 Å². The number of carbonyl (C=O) groups is 1. The first-order valence-electron chi connectivity index (χ1n) is 4.41. The van der Waals surface area contributed by atoms with Gasteiger partial charge >= 0.3 is 0 Å². The van der Waals surface area contributed by atoms with Crippen LogP contribution in [0.1, 0.15) is 11.4 Å². The minimum Gasteiger partial charge on any atom is -0.352 e. The Morgan fingerprint density at radius 1 is 1.57 bits per heavy atom. The molecule has 1 aromatic rings. The van der Waals surface area contributed by atoms with Crippen molar-refractivity contribution in [2.24, 2.45) is 0 Å². The van der Waals surface area contributed by atoms with Crippen LogP contribution in [-0.2, 0) is 11.2 Å². The van der Waals surface area contributed by atoms with Gasteiger partial charge in [-0.25, -0.2) is 0 Å². The van der Waals surface area contributed by atoms with Crippen molar-refractivity contribution in [2.45, 2.75) is 13.3 Å². The van der Waals surface area contributed by atoms with Crippen molar-refractivity contribution in [1.82, 2.24) is 15.3 Å². The second kappa shape index (κ2) is 5.11. The van der Waals surface area contributed by atoms with Crippen LogP contribution in [0, 0.1) is 6.92 Å². The highest BCUT2D eigenvalue weighted by Gasteiger charge is 2.00. The third-order valence-electron chi connectivity index (χ3n) is 1.83. The molecular formula is C10H13N3O. The van der Waals surface area contributed by atoms with Crippen LogP contribution in [0.25, 0.3) is 0 Å². The lowest BCUT2D eigenvalue weighted by molar-refractivity contribution is -0.116. The zero-order valence-corrected chi connectivity index (χ0v) is 8.16. The molecule has 0 atom stereocenters. The number of aromatic nitrogens is 2. The molecule has 0 aromatic carbocycles. The molecule has 0 aliphatic carbocycles. The molecule has 74 valence electrons. The monoisotopic (exact) mass is 191 g/mol. The second-order valence-electron chi connectivity index (χ2n) is 2.83. The summed E-state index contributed by atoms with van der Waals surface area (Å²) in [6.07, 6.45) is 5.25. The summed E-state index contributed by atoms with van der Waals surface area (Å²) < 4.78 is 0. The molecule has 1 amide bonds. The van der Waals surface area contributed by atoms with E-state index in [1.165, 1.54) is 6.08 Å². The first-order valence-corrected chi connectivity index (χ1v) is 4.41. The molecule has 0 saturated carbocycles. The van der Waals surface area contributed by atoms with Crippen molar-refractivity contribution in [3.8, 4) is 0 Å². The van der Waals surface area contributed by atoms with Gasteiger partial charge in [0.15, 0.2) is 0 Å². The quantitative estimate of drug-likeness (QED) is 0.710. The van der Waals surface area contributed by atoms with Crippen LogP contribution >= 0.6 is 0 Å². The van der Waals surface area contributed by atoms with E-state index >= 15 is 0 Å². The molecular weight excluding hydrogens is 178 g/mol. The molecule has 0 spiro atoms. The molecule has 0 bridgehead atoms. The predicted octanol–water partition coefficient (Wildman–Crippen LogP) is 0.630. The van der Waals surface area contributed by atoms with Crippen LogP contribution in [0.15, 0.2) is 25.0 Å². The average Bonchev–Trinajstić information content (AvgIpc) is 2.20. The summed E-state index contributed by atoms with van der Waals surface area (Å²) in [6, 6.07) is 0. The minimum absolute atomic E-state index is 0.161. The van der Waals surface area contributed by atoms with Crippen LogP contribution in [0.5, 0.6) is 0 Å². The van der Waals surface area contributed by atoms with Crippen LogP contribution in [0.2, 0.25) is 0 Å². The summed E-state index contributed by atoms with van der Waals surface area (Å²) in [5.41, 5.74) is 1.82. The number of rotatable bonds is 4. The maximum absolute atomic E-state index is 10.8. The number of carbonyl (C=O) groups excluding carboxylic acids is 1. The standard InChI is InChI=1S/C10H13N3O/c1-3-10(14)13-5-4-9-8(2)11-6-7-12-9/h3,6-7H,1,4-5H2,2H3,(H,13,14). The van der Waals surface area contributed by atoms with E-state index in [9.17, 15) is 4.79 Å². The lowest BCUT2D eigenvalue weighted by Crippen LogP contribution is -2.23. The number of hydrogen-bond acceptors (Lipinski definition) is 3. The molecule has 0 radical (unpaired) electrons. The lowest BCUT2D eigenvalue weighted by Gasteiger charge is -2.03. The fourth-order valence-corrected chi connectivity index (χ4v) is 1.06. The first kappa shape index (κ1) is 10.4. The van der Waals surface area contributed by atoms with Gasteiger partial charge in [-0.1, -0.05) is 6.58 Å². The minimum atomic E-state index is -0.161. The molecule has 4 heteroatoms. The summed E-state index contributed by atoms with van der Waals surface area (Å²) in [6.45, 7) is 5.82. The van der Waals surface area contributed by atoms with E-state index in [2.05, 4.69) is 21.9 Å². The van der Waals surface area contributed by atoms with Crippen molar-refractivity contribution in [2.75, 3.05) is 6.54 Å². The number of hydrogen-bond donors (Lipinski definition) is 1. The van der Waals surface area contributed by atoms with Gasteiger partial charge in [0.25, 0.3) is 0 Å². The Hall–Kier alpha value is -1.71. The molecule has 0 unspecified atom stereocenters. The third-order valence-corrected chi connectivity index (χ3v) is 1.83. The second-order valence-corrected chi connectivity index (χ2v) is 2.83. The van der Waals surface area contributed by atoms with Crippen molar-refractivity contribution in [3.63, 3.8) is 0 Å². The molecule has 1 rings (SSSR count). The van der Waals surface area contributed by atoms with Gasteiger partial charge in [-0.05, 0) is 13.0 Å². The fraction of sp³-hybridized carbons (Fsp3) is 0.300. The third kappa shape index (κ3) is 2.97. The molecule has 14 heavy (non-hydrogen) atoms. The van der Waals surface area contributed by atoms with E-state index in [-0.39, 0.29) is 5.91 Å². The van der Waals surface area contributed by atoms with E-state index in [0.29, 0.717) is 13.0 Å². The summed E-state index contributed by atoms with van der Waals surface area (Å²) in [7, 11) is 0. The van der Waals surface area contributed by atoms with Crippen molar-refractivity contribution in [1.29, 1.82) is 0 Å². The Morgan fingerprint density at radius 2 is 2.29 bits per heavy atom. The number of nitrogens with one attached hydrogen (secondary N) is 1. The zero-order valence-electron chi connectivity index (χ0n) is 8.16. The Kier molecular flexibility index (Phi) is 3.79. The Labute approximate surface area is 83.1 Å². The highest BCUT2D eigenvalue weighted by Crippen LogP contribution is 1.98. The Balaban J connectivity index is 2.42. The van der Waals surface area contributed by atoms with Crippen molar-refractivity contribution in [3.05, 3.63) is 36.4 Å². The average molecular weight is 191 g/mol. The van der Waals surface area contributed by atoms with Gasteiger partial charge in [-0.2, -0.15) is 0 Å². The molecule has 1 aromatic heterocycles. The maximum Gasteiger partial charge on any atom is 0.243 e. The van der Waals surface area contributed by atoms with Gasteiger partial charge in [0, 0.05) is 25.4 Å². The number of aryl methyl sites for hydroxylation is 1. The Morgan fingerprint density at radius 3 is 2.93 bits per heavy atom. The molecule has 0 fully saturated rings. The topological polar surface area (TPSA) is 54.9 Å². The van der Waals surface area contributed by atoms with E-state index in [0.717, 1.165) is 11.4 Å². The van der Waals surface area contributed by atoms with Gasteiger partial charge in [0.05, 0.1) is 11.4 Å². The molecule has 1 N–H and O–H groups in total. The largest absolute Gasteiger partial charge is 0.352 e. The molecule has 1 heterocycles. The molecule has 0 aliphatic heterocycles. The molecule has 0 aliphatic rings. The highest BCUT2D eigenvalue weighted by atomic mass is 16.1. The van der Waals surface area contributed by atoms with Gasteiger partial charge in [0.2, 0.25) is 5.91 Å². The molecule has 4 nitrogen and oxygen atoms in total. The zero-order chi connectivity index (χ0) is 10.4. The SMILES string of the molecule is C=CC(=O)NCCc1nccnc1C. The van der Waals surface area contributed by atoms with Crippen LogP contribution < -0.4 is 5.32 Å². The van der Waals surface area contributed by atoms with E-state index < -0.39 is 0 Å². The van der Waals surface area contributed by atoms with Crippen LogP contribution in [-0.4, -0.2) is 22.4 Å². The number of nitrogens with zero attached hydrogens (tertiary/aromatic N) is 2. The number of amides is 1. The summed E-state index contributed by atoms with van der Waals surface area (Å²) in [4.78, 5) is 19.1. The van der Waals surface area contributed by atoms with Gasteiger partial charge in [-0.15, -0.1) is 0 Å². The maximum atomic E-state index is 10.8. The van der Waals surface area contributed by atoms with Crippen molar-refractivity contribution >= 4 is 5.91 Å². The van der Waals surface area contributed by atoms with Gasteiger partial charge < -0.3 is 5.32 Å². The fourth-order valence-electron chi connectivity index (χ4n) is 1.06. The first-order chi connectivity index (χ1) is 6.74. The van der Waals surface area contributed by atoms with Crippen LogP contribution in [0.4, 0.5) is 0 Å². The summed E-state index contributed by atoms with van der Waals surface area (Å²) >= 11 is 0. The van der Waals surface area contributed by atoms with Crippen LogP contribution in [0.3, 0.4) is 0 Å².